The van der Waals surface area contributed by atoms with Gasteiger partial charge in [-0.25, -0.2) is 4.39 Å². The van der Waals surface area contributed by atoms with Crippen LogP contribution in [0.5, 0.6) is 0 Å². The molecule has 0 saturated heterocycles. The van der Waals surface area contributed by atoms with Crippen molar-refractivity contribution in [2.24, 2.45) is 5.41 Å². The summed E-state index contributed by atoms with van der Waals surface area (Å²) in [4.78, 5) is 3.14. The van der Waals surface area contributed by atoms with Crippen molar-refractivity contribution in [3.8, 4) is 0 Å². The van der Waals surface area contributed by atoms with E-state index >= 15 is 0 Å². The normalized spacial score (nSPS) is 17.5. The number of benzene rings is 1. The summed E-state index contributed by atoms with van der Waals surface area (Å²) in [6.07, 6.45) is 3.68. The fraction of sp³-hybridized carbons (Fsp3) is 0.462. The summed E-state index contributed by atoms with van der Waals surface area (Å²) in [7, 11) is 0. The molecule has 1 aromatic carbocycles. The first-order valence-electron chi connectivity index (χ1n) is 6.02. The number of H-pyrrole nitrogens is 1. The van der Waals surface area contributed by atoms with Gasteiger partial charge in [0, 0.05) is 6.54 Å². The standard InChI is InChI=1S/C13H15FN2S/c1-2-13(5-6-13)8-16-11-7-9(14)3-4-10(11)15-12(16)17/h3-4,7H,2,5-6,8H2,1H3,(H,15,17). The Morgan fingerprint density at radius 3 is 2.88 bits per heavy atom. The van der Waals surface area contributed by atoms with E-state index in [1.165, 1.54) is 18.9 Å². The van der Waals surface area contributed by atoms with Crippen molar-refractivity contribution in [3.05, 3.63) is 28.8 Å². The number of aromatic nitrogens is 2. The van der Waals surface area contributed by atoms with E-state index in [0.717, 1.165) is 24.0 Å². The van der Waals surface area contributed by atoms with E-state index in [4.69, 9.17) is 12.2 Å². The highest BCUT2D eigenvalue weighted by Gasteiger charge is 2.41. The number of halogens is 1. The quantitative estimate of drug-likeness (QED) is 0.816. The van der Waals surface area contributed by atoms with Gasteiger partial charge in [0.15, 0.2) is 4.77 Å². The third-order valence-electron chi connectivity index (χ3n) is 3.94. The molecule has 1 heterocycles. The molecule has 1 N–H and O–H groups in total. The van der Waals surface area contributed by atoms with Gasteiger partial charge >= 0.3 is 0 Å². The maximum absolute atomic E-state index is 13.3. The molecule has 0 unspecified atom stereocenters. The van der Waals surface area contributed by atoms with Gasteiger partial charge in [-0.05, 0) is 55.1 Å². The van der Waals surface area contributed by atoms with Gasteiger partial charge in [-0.2, -0.15) is 0 Å². The molecular weight excluding hydrogens is 235 g/mol. The lowest BCUT2D eigenvalue weighted by Crippen LogP contribution is -2.10. The van der Waals surface area contributed by atoms with Gasteiger partial charge in [0.2, 0.25) is 0 Å². The predicted octanol–water partition coefficient (Wildman–Crippen LogP) is 4.03. The largest absolute Gasteiger partial charge is 0.331 e. The van der Waals surface area contributed by atoms with Crippen LogP contribution < -0.4 is 0 Å². The summed E-state index contributed by atoms with van der Waals surface area (Å²) in [6.45, 7) is 3.12. The molecule has 1 fully saturated rings. The van der Waals surface area contributed by atoms with Crippen LogP contribution in [0.1, 0.15) is 26.2 Å². The zero-order valence-electron chi connectivity index (χ0n) is 9.79. The van der Waals surface area contributed by atoms with Crippen LogP contribution in [0.3, 0.4) is 0 Å². The van der Waals surface area contributed by atoms with E-state index in [1.807, 2.05) is 4.57 Å². The van der Waals surface area contributed by atoms with E-state index in [9.17, 15) is 4.39 Å². The van der Waals surface area contributed by atoms with Crippen molar-refractivity contribution < 1.29 is 4.39 Å². The summed E-state index contributed by atoms with van der Waals surface area (Å²) in [5.41, 5.74) is 2.21. The molecule has 0 aliphatic heterocycles. The van der Waals surface area contributed by atoms with Gasteiger partial charge in [0.05, 0.1) is 11.0 Å². The third-order valence-corrected chi connectivity index (χ3v) is 4.26. The van der Waals surface area contributed by atoms with Crippen molar-refractivity contribution >= 4 is 23.3 Å². The minimum atomic E-state index is -0.207. The van der Waals surface area contributed by atoms with E-state index in [-0.39, 0.29) is 5.82 Å². The SMILES string of the molecule is CCC1(Cn2c(=S)[nH]c3ccc(F)cc32)CC1. The Labute approximate surface area is 104 Å². The monoisotopic (exact) mass is 250 g/mol. The van der Waals surface area contributed by atoms with Gasteiger partial charge in [0.25, 0.3) is 0 Å². The molecule has 0 amide bonds. The van der Waals surface area contributed by atoms with Crippen LogP contribution in [-0.2, 0) is 6.54 Å². The van der Waals surface area contributed by atoms with Gasteiger partial charge in [0.1, 0.15) is 5.82 Å². The van der Waals surface area contributed by atoms with E-state index < -0.39 is 0 Å². The summed E-state index contributed by atoms with van der Waals surface area (Å²) in [5.74, 6) is -0.207. The van der Waals surface area contributed by atoms with Crippen molar-refractivity contribution in [3.63, 3.8) is 0 Å². The number of nitrogens with one attached hydrogen (secondary N) is 1. The fourth-order valence-corrected chi connectivity index (χ4v) is 2.69. The molecule has 1 aliphatic carbocycles. The molecule has 2 nitrogen and oxygen atoms in total. The molecule has 90 valence electrons. The maximum Gasteiger partial charge on any atom is 0.178 e. The highest BCUT2D eigenvalue weighted by molar-refractivity contribution is 7.71. The molecule has 0 bridgehead atoms. The topological polar surface area (TPSA) is 20.7 Å². The lowest BCUT2D eigenvalue weighted by Gasteiger charge is -2.13. The molecule has 4 heteroatoms. The molecule has 17 heavy (non-hydrogen) atoms. The Morgan fingerprint density at radius 2 is 2.24 bits per heavy atom. The van der Waals surface area contributed by atoms with E-state index in [2.05, 4.69) is 11.9 Å². The van der Waals surface area contributed by atoms with Crippen molar-refractivity contribution in [1.29, 1.82) is 0 Å². The second-order valence-corrected chi connectivity index (χ2v) is 5.42. The summed E-state index contributed by atoms with van der Waals surface area (Å²) in [5, 5.41) is 0. The number of aromatic amines is 1. The van der Waals surface area contributed by atoms with Gasteiger partial charge in [-0.15, -0.1) is 0 Å². The second kappa shape index (κ2) is 3.67. The predicted molar refractivity (Wildman–Crippen MR) is 69.0 cm³/mol. The third kappa shape index (κ3) is 1.80. The molecule has 2 aromatic rings. The Hall–Kier alpha value is -1.16. The Morgan fingerprint density at radius 1 is 1.47 bits per heavy atom. The number of rotatable bonds is 3. The summed E-state index contributed by atoms with van der Waals surface area (Å²) < 4.78 is 16.0. The molecule has 3 rings (SSSR count). The van der Waals surface area contributed by atoms with Gasteiger partial charge in [-0.3, -0.25) is 0 Å². The molecule has 1 aliphatic rings. The lowest BCUT2D eigenvalue weighted by molar-refractivity contribution is 0.412. The van der Waals surface area contributed by atoms with Crippen LogP contribution in [0.4, 0.5) is 4.39 Å². The number of hydrogen-bond acceptors (Lipinski definition) is 1. The average molecular weight is 250 g/mol. The smallest absolute Gasteiger partial charge is 0.178 e. The highest BCUT2D eigenvalue weighted by Crippen LogP contribution is 2.50. The van der Waals surface area contributed by atoms with E-state index in [0.29, 0.717) is 10.2 Å². The minimum absolute atomic E-state index is 0.207. The van der Waals surface area contributed by atoms with Gasteiger partial charge in [-0.1, -0.05) is 6.92 Å². The minimum Gasteiger partial charge on any atom is -0.331 e. The Balaban J connectivity index is 2.11. The molecule has 0 radical (unpaired) electrons. The maximum atomic E-state index is 13.3. The van der Waals surface area contributed by atoms with Crippen molar-refractivity contribution in [1.82, 2.24) is 9.55 Å². The first kappa shape index (κ1) is 11.0. The first-order chi connectivity index (χ1) is 8.13. The zero-order chi connectivity index (χ0) is 12.0. The molecule has 1 aromatic heterocycles. The van der Waals surface area contributed by atoms with Gasteiger partial charge < -0.3 is 9.55 Å². The average Bonchev–Trinajstić information content (AvgIpc) is 3.03. The Kier molecular flexibility index (Phi) is 2.36. The molecule has 1 saturated carbocycles. The number of imidazole rings is 1. The van der Waals surface area contributed by atoms with Crippen molar-refractivity contribution in [2.45, 2.75) is 32.7 Å². The van der Waals surface area contributed by atoms with Crippen molar-refractivity contribution in [2.75, 3.05) is 0 Å². The van der Waals surface area contributed by atoms with Crippen LogP contribution in [0, 0.1) is 16.0 Å². The summed E-state index contributed by atoms with van der Waals surface area (Å²) >= 11 is 5.32. The van der Waals surface area contributed by atoms with Crippen LogP contribution in [0.2, 0.25) is 0 Å². The zero-order valence-corrected chi connectivity index (χ0v) is 10.6. The fourth-order valence-electron chi connectivity index (χ4n) is 2.42. The number of hydrogen-bond donors (Lipinski definition) is 1. The van der Waals surface area contributed by atoms with Crippen LogP contribution in [0.15, 0.2) is 18.2 Å². The Bertz CT molecular complexity index is 622. The number of fused-ring (bicyclic) bond motifs is 1. The molecule has 0 atom stereocenters. The second-order valence-electron chi connectivity index (χ2n) is 5.03. The highest BCUT2D eigenvalue weighted by atomic mass is 32.1. The lowest BCUT2D eigenvalue weighted by atomic mass is 10.0. The number of nitrogens with zero attached hydrogens (tertiary/aromatic N) is 1. The summed E-state index contributed by atoms with van der Waals surface area (Å²) in [6, 6.07) is 4.78. The van der Waals surface area contributed by atoms with Crippen LogP contribution in [0.25, 0.3) is 11.0 Å². The van der Waals surface area contributed by atoms with E-state index in [1.54, 1.807) is 12.1 Å². The first-order valence-corrected chi connectivity index (χ1v) is 6.42. The molecule has 0 spiro atoms. The van der Waals surface area contributed by atoms with Crippen LogP contribution in [-0.4, -0.2) is 9.55 Å². The molecular formula is C13H15FN2S. The van der Waals surface area contributed by atoms with Crippen LogP contribution >= 0.6 is 12.2 Å².